The summed E-state index contributed by atoms with van der Waals surface area (Å²) in [6, 6.07) is 7.68. The van der Waals surface area contributed by atoms with Crippen LogP contribution in [-0.2, 0) is 0 Å². The third-order valence-electron chi connectivity index (χ3n) is 3.03. The van der Waals surface area contributed by atoms with Gasteiger partial charge in [-0.15, -0.1) is 0 Å². The Kier molecular flexibility index (Phi) is 6.44. The molecule has 0 radical (unpaired) electrons. The largest absolute Gasteiger partial charge is 0.395 e. The van der Waals surface area contributed by atoms with Gasteiger partial charge in [0.05, 0.1) is 6.61 Å². The minimum absolute atomic E-state index is 0.152. The van der Waals surface area contributed by atoms with Crippen LogP contribution in [-0.4, -0.2) is 30.6 Å². The van der Waals surface area contributed by atoms with Crippen molar-refractivity contribution in [1.82, 2.24) is 0 Å². The maximum absolute atomic E-state index is 11.5. The second-order valence-corrected chi connectivity index (χ2v) is 4.39. The number of carbonyl (C=O) groups is 1. The van der Waals surface area contributed by atoms with Crippen LogP contribution < -0.4 is 4.90 Å². The molecule has 0 heterocycles. The molecule has 0 saturated carbocycles. The van der Waals surface area contributed by atoms with E-state index in [9.17, 15) is 4.79 Å². The van der Waals surface area contributed by atoms with Gasteiger partial charge < -0.3 is 10.0 Å². The first-order chi connectivity index (χ1) is 8.72. The molecule has 0 saturated heterocycles. The third kappa shape index (κ3) is 4.15. The summed E-state index contributed by atoms with van der Waals surface area (Å²) in [6.07, 6.45) is 2.78. The van der Waals surface area contributed by atoms with Crippen LogP contribution in [0, 0.1) is 0 Å². The lowest BCUT2D eigenvalue weighted by molar-refractivity contribution is 0.0988. The van der Waals surface area contributed by atoms with Crippen molar-refractivity contribution in [2.24, 2.45) is 0 Å². The van der Waals surface area contributed by atoms with Crippen LogP contribution in [0.1, 0.15) is 43.5 Å². The van der Waals surface area contributed by atoms with Gasteiger partial charge in [0.25, 0.3) is 0 Å². The van der Waals surface area contributed by atoms with E-state index in [1.165, 1.54) is 0 Å². The van der Waals surface area contributed by atoms with Gasteiger partial charge in [0, 0.05) is 30.8 Å². The van der Waals surface area contributed by atoms with Crippen LogP contribution in [0.2, 0.25) is 0 Å². The molecule has 100 valence electrons. The molecule has 0 amide bonds. The van der Waals surface area contributed by atoms with Crippen LogP contribution in [0.25, 0.3) is 0 Å². The molecule has 3 nitrogen and oxygen atoms in total. The van der Waals surface area contributed by atoms with Gasteiger partial charge in [-0.2, -0.15) is 0 Å². The summed E-state index contributed by atoms with van der Waals surface area (Å²) in [7, 11) is 0. The Labute approximate surface area is 109 Å². The normalized spacial score (nSPS) is 10.4. The summed E-state index contributed by atoms with van der Waals surface area (Å²) in [5, 5.41) is 9.08. The number of nitrogens with zero attached hydrogens (tertiary/aromatic N) is 1. The van der Waals surface area contributed by atoms with Crippen LogP contribution in [0.3, 0.4) is 0 Å². The highest BCUT2D eigenvalue weighted by Gasteiger charge is 2.07. The van der Waals surface area contributed by atoms with Gasteiger partial charge in [0.1, 0.15) is 0 Å². The van der Waals surface area contributed by atoms with E-state index < -0.39 is 0 Å². The van der Waals surface area contributed by atoms with E-state index in [1.54, 1.807) is 0 Å². The second-order valence-electron chi connectivity index (χ2n) is 4.39. The summed E-state index contributed by atoms with van der Waals surface area (Å²) in [6.45, 7) is 5.76. The molecule has 0 spiro atoms. The zero-order valence-electron chi connectivity index (χ0n) is 11.4. The first-order valence-electron chi connectivity index (χ1n) is 6.72. The van der Waals surface area contributed by atoms with Gasteiger partial charge in [0.2, 0.25) is 0 Å². The molecule has 0 atom stereocenters. The van der Waals surface area contributed by atoms with E-state index in [1.807, 2.05) is 31.2 Å². The monoisotopic (exact) mass is 249 g/mol. The van der Waals surface area contributed by atoms with Crippen molar-refractivity contribution in [2.75, 3.05) is 24.6 Å². The maximum atomic E-state index is 11.5. The summed E-state index contributed by atoms with van der Waals surface area (Å²) in [5.41, 5.74) is 1.84. The molecule has 0 bridgehead atoms. The predicted molar refractivity (Wildman–Crippen MR) is 75.3 cm³/mol. The average Bonchev–Trinajstić information content (AvgIpc) is 2.43. The van der Waals surface area contributed by atoms with E-state index in [0.29, 0.717) is 13.0 Å². The topological polar surface area (TPSA) is 40.5 Å². The van der Waals surface area contributed by atoms with Crippen molar-refractivity contribution >= 4 is 11.5 Å². The van der Waals surface area contributed by atoms with Gasteiger partial charge in [-0.3, -0.25) is 4.79 Å². The summed E-state index contributed by atoms with van der Waals surface area (Å²) in [4.78, 5) is 13.7. The minimum Gasteiger partial charge on any atom is -0.395 e. The molecule has 0 fully saturated rings. The molecule has 1 rings (SSSR count). The summed E-state index contributed by atoms with van der Waals surface area (Å²) in [5.74, 6) is 0.170. The first-order valence-corrected chi connectivity index (χ1v) is 6.72. The fourth-order valence-electron chi connectivity index (χ4n) is 1.90. The number of ketones is 1. The maximum Gasteiger partial charge on any atom is 0.162 e. The molecular formula is C15H23NO2. The van der Waals surface area contributed by atoms with Crippen molar-refractivity contribution < 1.29 is 9.90 Å². The zero-order valence-corrected chi connectivity index (χ0v) is 11.4. The molecule has 0 unspecified atom stereocenters. The SMILES string of the molecule is CCCCN(CCO)c1ccc(C(=O)CC)cc1. The molecular weight excluding hydrogens is 226 g/mol. The third-order valence-corrected chi connectivity index (χ3v) is 3.03. The van der Waals surface area contributed by atoms with Crippen molar-refractivity contribution in [3.05, 3.63) is 29.8 Å². The van der Waals surface area contributed by atoms with Crippen LogP contribution in [0.5, 0.6) is 0 Å². The van der Waals surface area contributed by atoms with Gasteiger partial charge in [0.15, 0.2) is 5.78 Å². The molecule has 18 heavy (non-hydrogen) atoms. The Morgan fingerprint density at radius 1 is 1.17 bits per heavy atom. The number of aliphatic hydroxyl groups excluding tert-OH is 1. The van der Waals surface area contributed by atoms with Crippen molar-refractivity contribution in [3.8, 4) is 0 Å². The molecule has 0 aliphatic heterocycles. The average molecular weight is 249 g/mol. The molecule has 0 aromatic heterocycles. The van der Waals surface area contributed by atoms with Crippen molar-refractivity contribution in [3.63, 3.8) is 0 Å². The van der Waals surface area contributed by atoms with Crippen molar-refractivity contribution in [1.29, 1.82) is 0 Å². The van der Waals surface area contributed by atoms with Crippen LogP contribution in [0.4, 0.5) is 5.69 Å². The van der Waals surface area contributed by atoms with Crippen molar-refractivity contribution in [2.45, 2.75) is 33.1 Å². The molecule has 1 aromatic carbocycles. The molecule has 3 heteroatoms. The number of unbranched alkanes of at least 4 members (excludes halogenated alkanes) is 1. The first kappa shape index (κ1) is 14.7. The number of Topliss-reactive ketones (excluding diaryl/α,β-unsaturated/α-hetero) is 1. The van der Waals surface area contributed by atoms with Crippen LogP contribution in [0.15, 0.2) is 24.3 Å². The van der Waals surface area contributed by atoms with Gasteiger partial charge in [-0.1, -0.05) is 20.3 Å². The lowest BCUT2D eigenvalue weighted by Gasteiger charge is -2.23. The Morgan fingerprint density at radius 2 is 1.83 bits per heavy atom. The Hall–Kier alpha value is -1.35. The number of benzene rings is 1. The lowest BCUT2D eigenvalue weighted by Crippen LogP contribution is -2.27. The quantitative estimate of drug-likeness (QED) is 0.720. The predicted octanol–water partition coefficient (Wildman–Crippen LogP) is 2.88. The molecule has 0 aliphatic carbocycles. The van der Waals surface area contributed by atoms with E-state index >= 15 is 0 Å². The van der Waals surface area contributed by atoms with Gasteiger partial charge in [-0.25, -0.2) is 0 Å². The Bertz CT molecular complexity index is 359. The van der Waals surface area contributed by atoms with Crippen LogP contribution >= 0.6 is 0 Å². The fourth-order valence-corrected chi connectivity index (χ4v) is 1.90. The Morgan fingerprint density at radius 3 is 2.33 bits per heavy atom. The highest BCUT2D eigenvalue weighted by molar-refractivity contribution is 5.96. The molecule has 1 N–H and O–H groups in total. The Balaban J connectivity index is 2.76. The van der Waals surface area contributed by atoms with Gasteiger partial charge >= 0.3 is 0 Å². The zero-order chi connectivity index (χ0) is 13.4. The molecule has 0 aliphatic rings. The number of carbonyl (C=O) groups excluding carboxylic acids is 1. The number of hydrogen-bond acceptors (Lipinski definition) is 3. The van der Waals surface area contributed by atoms with Gasteiger partial charge in [-0.05, 0) is 30.7 Å². The number of hydrogen-bond donors (Lipinski definition) is 1. The van der Waals surface area contributed by atoms with E-state index in [0.717, 1.165) is 30.6 Å². The van der Waals surface area contributed by atoms with E-state index in [4.69, 9.17) is 5.11 Å². The standard InChI is InChI=1S/C15H23NO2/c1-3-5-10-16(11-12-17)14-8-6-13(7-9-14)15(18)4-2/h6-9,17H,3-5,10-12H2,1-2H3. The number of rotatable bonds is 8. The number of anilines is 1. The highest BCUT2D eigenvalue weighted by atomic mass is 16.3. The minimum atomic E-state index is 0.152. The fraction of sp³-hybridized carbons (Fsp3) is 0.533. The number of aliphatic hydroxyl groups is 1. The summed E-state index contributed by atoms with van der Waals surface area (Å²) < 4.78 is 0. The smallest absolute Gasteiger partial charge is 0.162 e. The highest BCUT2D eigenvalue weighted by Crippen LogP contribution is 2.16. The summed E-state index contributed by atoms with van der Waals surface area (Å²) >= 11 is 0. The lowest BCUT2D eigenvalue weighted by atomic mass is 10.1. The van der Waals surface area contributed by atoms with E-state index in [-0.39, 0.29) is 12.4 Å². The molecule has 1 aromatic rings. The second kappa shape index (κ2) is 7.88. The van der Waals surface area contributed by atoms with E-state index in [2.05, 4.69) is 11.8 Å².